The molecule has 2 aromatic carbocycles. The van der Waals surface area contributed by atoms with Crippen LogP contribution in [0.4, 0.5) is 5.69 Å². The van der Waals surface area contributed by atoms with Gasteiger partial charge in [-0.2, -0.15) is 5.43 Å². The van der Waals surface area contributed by atoms with E-state index in [0.717, 1.165) is 15.7 Å². The normalized spacial score (nSPS) is 21.9. The molecular formula is C15H14BrN3S. The minimum Gasteiger partial charge on any atom is -0.338 e. The number of nitrogens with one attached hydrogen (secondary N) is 2. The standard InChI is InChI=1S/C15H14BrN3S/c1-15(11-5-3-2-4-6-11)17-14(20)19(18-15)13-9-7-12(16)8-10-13/h2-10,18H,1H3,(H,17,20)/t15-/m0/s1. The van der Waals surface area contributed by atoms with E-state index in [1.165, 1.54) is 0 Å². The second-order valence-corrected chi connectivity index (χ2v) is 6.15. The molecule has 1 atom stereocenters. The molecule has 0 bridgehead atoms. The lowest BCUT2D eigenvalue weighted by Gasteiger charge is -2.26. The molecule has 2 N–H and O–H groups in total. The van der Waals surface area contributed by atoms with Crippen LogP contribution in [0.3, 0.4) is 0 Å². The predicted molar refractivity (Wildman–Crippen MR) is 89.3 cm³/mol. The number of hydrogen-bond donors (Lipinski definition) is 2. The van der Waals surface area contributed by atoms with Gasteiger partial charge < -0.3 is 5.32 Å². The maximum Gasteiger partial charge on any atom is 0.190 e. The summed E-state index contributed by atoms with van der Waals surface area (Å²) in [6, 6.07) is 18.2. The largest absolute Gasteiger partial charge is 0.338 e. The lowest BCUT2D eigenvalue weighted by atomic mass is 10.0. The second kappa shape index (κ2) is 5.16. The maximum absolute atomic E-state index is 5.44. The van der Waals surface area contributed by atoms with Crippen LogP contribution in [0.25, 0.3) is 0 Å². The number of thiocarbonyl (C=S) groups is 1. The third kappa shape index (κ3) is 2.44. The summed E-state index contributed by atoms with van der Waals surface area (Å²) in [7, 11) is 0. The van der Waals surface area contributed by atoms with Crippen LogP contribution in [0.5, 0.6) is 0 Å². The first-order chi connectivity index (χ1) is 9.58. The van der Waals surface area contributed by atoms with E-state index in [-0.39, 0.29) is 0 Å². The van der Waals surface area contributed by atoms with E-state index in [4.69, 9.17) is 12.2 Å². The van der Waals surface area contributed by atoms with Gasteiger partial charge in [-0.25, -0.2) is 5.01 Å². The Morgan fingerprint density at radius 1 is 1.05 bits per heavy atom. The first-order valence-corrected chi connectivity index (χ1v) is 7.50. The fraction of sp³-hybridized carbons (Fsp3) is 0.133. The average molecular weight is 348 g/mol. The molecule has 1 heterocycles. The zero-order chi connectivity index (χ0) is 14.2. The smallest absolute Gasteiger partial charge is 0.190 e. The van der Waals surface area contributed by atoms with Gasteiger partial charge in [0.25, 0.3) is 0 Å². The summed E-state index contributed by atoms with van der Waals surface area (Å²) in [6.07, 6.45) is 0. The molecule has 1 aliphatic rings. The third-order valence-corrected chi connectivity index (χ3v) is 4.14. The number of halogens is 1. The van der Waals surface area contributed by atoms with Crippen LogP contribution in [0.15, 0.2) is 59.1 Å². The van der Waals surface area contributed by atoms with E-state index < -0.39 is 5.66 Å². The Kier molecular flexibility index (Phi) is 3.50. The topological polar surface area (TPSA) is 27.3 Å². The lowest BCUT2D eigenvalue weighted by molar-refractivity contribution is 0.389. The average Bonchev–Trinajstić information content (AvgIpc) is 2.77. The molecule has 0 unspecified atom stereocenters. The number of nitrogens with zero attached hydrogens (tertiary/aromatic N) is 1. The summed E-state index contributed by atoms with van der Waals surface area (Å²) >= 11 is 8.89. The third-order valence-electron chi connectivity index (χ3n) is 3.33. The summed E-state index contributed by atoms with van der Waals surface area (Å²) in [5.41, 5.74) is 5.18. The van der Waals surface area contributed by atoms with Crippen molar-refractivity contribution in [3.8, 4) is 0 Å². The number of anilines is 1. The highest BCUT2D eigenvalue weighted by atomic mass is 79.9. The van der Waals surface area contributed by atoms with Crippen molar-refractivity contribution < 1.29 is 0 Å². The lowest BCUT2D eigenvalue weighted by Crippen LogP contribution is -2.45. The molecule has 1 aliphatic heterocycles. The van der Waals surface area contributed by atoms with E-state index in [0.29, 0.717) is 5.11 Å². The maximum atomic E-state index is 5.44. The van der Waals surface area contributed by atoms with Gasteiger partial charge in [-0.1, -0.05) is 46.3 Å². The Morgan fingerprint density at radius 2 is 1.70 bits per heavy atom. The summed E-state index contributed by atoms with van der Waals surface area (Å²) < 4.78 is 1.05. The van der Waals surface area contributed by atoms with E-state index >= 15 is 0 Å². The van der Waals surface area contributed by atoms with Crippen molar-refractivity contribution in [1.29, 1.82) is 0 Å². The molecule has 5 heteroatoms. The molecule has 3 rings (SSSR count). The van der Waals surface area contributed by atoms with Crippen molar-refractivity contribution in [2.45, 2.75) is 12.6 Å². The minimum atomic E-state index is -0.397. The number of benzene rings is 2. The molecule has 0 spiro atoms. The molecule has 1 fully saturated rings. The molecule has 1 saturated heterocycles. The Labute approximate surface area is 132 Å². The molecule has 0 saturated carbocycles. The van der Waals surface area contributed by atoms with Gasteiger partial charge in [-0.3, -0.25) is 0 Å². The van der Waals surface area contributed by atoms with Crippen LogP contribution in [-0.4, -0.2) is 5.11 Å². The van der Waals surface area contributed by atoms with Crippen molar-refractivity contribution in [1.82, 2.24) is 10.7 Å². The van der Waals surface area contributed by atoms with Crippen LogP contribution in [0, 0.1) is 0 Å². The summed E-state index contributed by atoms with van der Waals surface area (Å²) in [6.45, 7) is 2.08. The van der Waals surface area contributed by atoms with Crippen LogP contribution in [-0.2, 0) is 5.66 Å². The Hall–Kier alpha value is -1.43. The Balaban J connectivity index is 1.90. The molecule has 0 amide bonds. The first-order valence-electron chi connectivity index (χ1n) is 6.30. The molecule has 2 aromatic rings. The molecule has 20 heavy (non-hydrogen) atoms. The Bertz CT molecular complexity index is 629. The first kappa shape index (κ1) is 13.5. The zero-order valence-electron chi connectivity index (χ0n) is 10.9. The van der Waals surface area contributed by atoms with Crippen LogP contribution >= 0.6 is 28.1 Å². The summed E-state index contributed by atoms with van der Waals surface area (Å²) in [5, 5.41) is 5.91. The molecule has 0 aromatic heterocycles. The van der Waals surface area contributed by atoms with Gasteiger partial charge in [0.1, 0.15) is 5.66 Å². The molecule has 3 nitrogen and oxygen atoms in total. The van der Waals surface area contributed by atoms with Crippen molar-refractivity contribution in [3.63, 3.8) is 0 Å². The van der Waals surface area contributed by atoms with Crippen molar-refractivity contribution >= 4 is 38.9 Å². The van der Waals surface area contributed by atoms with Gasteiger partial charge in [0.15, 0.2) is 5.11 Å². The second-order valence-electron chi connectivity index (χ2n) is 4.84. The van der Waals surface area contributed by atoms with E-state index in [9.17, 15) is 0 Å². The van der Waals surface area contributed by atoms with Gasteiger partial charge in [0.05, 0.1) is 5.69 Å². The fourth-order valence-electron chi connectivity index (χ4n) is 2.25. The number of hydrogen-bond acceptors (Lipinski definition) is 2. The van der Waals surface area contributed by atoms with Crippen molar-refractivity contribution in [2.24, 2.45) is 0 Å². The highest BCUT2D eigenvalue weighted by Gasteiger charge is 2.37. The fourth-order valence-corrected chi connectivity index (χ4v) is 2.87. The van der Waals surface area contributed by atoms with Crippen LogP contribution in [0.2, 0.25) is 0 Å². The van der Waals surface area contributed by atoms with Gasteiger partial charge in [0, 0.05) is 4.47 Å². The van der Waals surface area contributed by atoms with Crippen molar-refractivity contribution in [3.05, 3.63) is 64.6 Å². The van der Waals surface area contributed by atoms with Crippen LogP contribution in [0.1, 0.15) is 12.5 Å². The monoisotopic (exact) mass is 347 g/mol. The number of rotatable bonds is 2. The van der Waals surface area contributed by atoms with E-state index in [1.807, 2.05) is 47.5 Å². The zero-order valence-corrected chi connectivity index (χ0v) is 13.3. The Morgan fingerprint density at radius 3 is 2.35 bits per heavy atom. The van der Waals surface area contributed by atoms with Crippen LogP contribution < -0.4 is 15.8 Å². The van der Waals surface area contributed by atoms with E-state index in [1.54, 1.807) is 0 Å². The van der Waals surface area contributed by atoms with Gasteiger partial charge in [-0.15, -0.1) is 0 Å². The summed E-state index contributed by atoms with van der Waals surface area (Å²) in [4.78, 5) is 0. The molecule has 0 aliphatic carbocycles. The highest BCUT2D eigenvalue weighted by molar-refractivity contribution is 9.10. The quantitative estimate of drug-likeness (QED) is 0.812. The van der Waals surface area contributed by atoms with E-state index in [2.05, 4.69) is 45.7 Å². The predicted octanol–water partition coefficient (Wildman–Crippen LogP) is 3.52. The van der Waals surface area contributed by atoms with Gasteiger partial charge in [-0.05, 0) is 49.0 Å². The van der Waals surface area contributed by atoms with Crippen molar-refractivity contribution in [2.75, 3.05) is 5.01 Å². The molecule has 102 valence electrons. The molecular weight excluding hydrogens is 334 g/mol. The number of hydrazine groups is 1. The van der Waals surface area contributed by atoms with Gasteiger partial charge >= 0.3 is 0 Å². The minimum absolute atomic E-state index is 0.397. The highest BCUT2D eigenvalue weighted by Crippen LogP contribution is 2.27. The molecule has 0 radical (unpaired) electrons. The SMILES string of the molecule is C[C@]1(c2ccccc2)NC(=S)N(c2ccc(Br)cc2)N1. The van der Waals surface area contributed by atoms with Gasteiger partial charge in [0.2, 0.25) is 0 Å². The summed E-state index contributed by atoms with van der Waals surface area (Å²) in [5.74, 6) is 0.